The minimum absolute atomic E-state index is 0.0207. The lowest BCUT2D eigenvalue weighted by Gasteiger charge is -2.33. The lowest BCUT2D eigenvalue weighted by Crippen LogP contribution is -2.48. The molecule has 2 aliphatic rings. The number of imidazole rings is 1. The number of hydrogen-bond acceptors (Lipinski definition) is 6. The number of piperidine rings is 1. The smallest absolute Gasteiger partial charge is 0.254 e. The second-order valence-electron chi connectivity index (χ2n) is 10.9. The van der Waals surface area contributed by atoms with Crippen molar-refractivity contribution in [2.45, 2.75) is 58.5 Å². The number of carbonyl (C=O) groups is 1. The maximum atomic E-state index is 13.6. The Morgan fingerprint density at radius 2 is 2.03 bits per heavy atom. The average molecular weight is 531 g/mol. The second kappa shape index (κ2) is 10.6. The van der Waals surface area contributed by atoms with Gasteiger partial charge >= 0.3 is 0 Å². The molecular formula is C30H38N6O3. The average Bonchev–Trinajstić information content (AvgIpc) is 3.64. The molecule has 1 aliphatic heterocycles. The quantitative estimate of drug-likeness (QED) is 0.342. The molecular weight excluding hydrogens is 492 g/mol. The SMILES string of the molecule is CCc1ccc2cc(-c3nc4cc(C(=O)N5CCCC(NCCO)C5)cc(OC)n4c3C)n(CC3CC3)c2n1. The van der Waals surface area contributed by atoms with Crippen molar-refractivity contribution in [3.8, 4) is 17.3 Å². The van der Waals surface area contributed by atoms with E-state index < -0.39 is 0 Å². The maximum Gasteiger partial charge on any atom is 0.254 e. The van der Waals surface area contributed by atoms with Gasteiger partial charge in [0.25, 0.3) is 5.91 Å². The van der Waals surface area contributed by atoms with Crippen molar-refractivity contribution in [2.75, 3.05) is 33.4 Å². The fourth-order valence-electron chi connectivity index (χ4n) is 5.88. The molecule has 1 saturated heterocycles. The van der Waals surface area contributed by atoms with E-state index in [2.05, 4.69) is 41.9 Å². The standard InChI is InChI=1S/C30H38N6O3/c1-4-23-10-9-21-14-25(35(29(21)32-23)17-20-7-8-20)28-19(2)36-26(33-28)15-22(16-27(36)39-3)30(38)34-12-5-6-24(18-34)31-11-13-37/h9-10,14-16,20,24,31,37H,4-8,11-13,17-18H2,1-3H3. The first-order valence-electron chi connectivity index (χ1n) is 14.2. The lowest BCUT2D eigenvalue weighted by molar-refractivity contribution is 0.0692. The van der Waals surface area contributed by atoms with Crippen LogP contribution in [0.1, 0.15) is 54.4 Å². The van der Waals surface area contributed by atoms with Crippen LogP contribution in [0.25, 0.3) is 28.1 Å². The highest BCUT2D eigenvalue weighted by Crippen LogP contribution is 2.37. The van der Waals surface area contributed by atoms with Crippen LogP contribution < -0.4 is 10.1 Å². The van der Waals surface area contributed by atoms with Gasteiger partial charge in [0.1, 0.15) is 17.0 Å². The van der Waals surface area contributed by atoms with Crippen molar-refractivity contribution < 1.29 is 14.6 Å². The Hall–Kier alpha value is -3.43. The Balaban J connectivity index is 1.40. The molecule has 2 fully saturated rings. The molecule has 0 bridgehead atoms. The van der Waals surface area contributed by atoms with Gasteiger partial charge in [-0.25, -0.2) is 9.97 Å². The van der Waals surface area contributed by atoms with E-state index in [0.717, 1.165) is 66.2 Å². The number of hydrogen-bond donors (Lipinski definition) is 2. The molecule has 2 N–H and O–H groups in total. The van der Waals surface area contributed by atoms with Crippen molar-refractivity contribution in [1.82, 2.24) is 29.2 Å². The van der Waals surface area contributed by atoms with E-state index in [1.165, 1.54) is 12.8 Å². The Labute approximate surface area is 228 Å². The van der Waals surface area contributed by atoms with E-state index in [0.29, 0.717) is 36.1 Å². The fourth-order valence-corrected chi connectivity index (χ4v) is 5.88. The van der Waals surface area contributed by atoms with Gasteiger partial charge in [0.15, 0.2) is 5.88 Å². The number of aromatic nitrogens is 4. The molecule has 1 atom stereocenters. The van der Waals surface area contributed by atoms with Gasteiger partial charge in [-0.15, -0.1) is 0 Å². The summed E-state index contributed by atoms with van der Waals surface area (Å²) in [5.74, 6) is 1.26. The van der Waals surface area contributed by atoms with E-state index in [-0.39, 0.29) is 18.6 Å². The van der Waals surface area contributed by atoms with Crippen molar-refractivity contribution in [3.05, 3.63) is 47.3 Å². The molecule has 5 heterocycles. The number of carbonyl (C=O) groups excluding carboxylic acids is 1. The summed E-state index contributed by atoms with van der Waals surface area (Å²) in [5, 5.41) is 13.6. The number of likely N-dealkylation sites (tertiary alicyclic amines) is 1. The minimum atomic E-state index is -0.0207. The summed E-state index contributed by atoms with van der Waals surface area (Å²) in [5.41, 5.74) is 6.30. The number of fused-ring (bicyclic) bond motifs is 2. The molecule has 4 aromatic heterocycles. The highest BCUT2D eigenvalue weighted by molar-refractivity contribution is 5.96. The van der Waals surface area contributed by atoms with Crippen LogP contribution in [0, 0.1) is 12.8 Å². The van der Waals surface area contributed by atoms with Crippen molar-refractivity contribution in [1.29, 1.82) is 0 Å². The zero-order chi connectivity index (χ0) is 27.1. The van der Waals surface area contributed by atoms with Crippen LogP contribution in [0.5, 0.6) is 5.88 Å². The summed E-state index contributed by atoms with van der Waals surface area (Å²) < 4.78 is 10.1. The van der Waals surface area contributed by atoms with Gasteiger partial charge in [-0.3, -0.25) is 9.20 Å². The number of pyridine rings is 2. The van der Waals surface area contributed by atoms with E-state index in [4.69, 9.17) is 14.7 Å². The molecule has 9 heteroatoms. The monoisotopic (exact) mass is 530 g/mol. The Morgan fingerprint density at radius 1 is 1.18 bits per heavy atom. The molecule has 6 rings (SSSR count). The van der Waals surface area contributed by atoms with Gasteiger partial charge in [0.05, 0.1) is 25.1 Å². The third-order valence-corrected chi connectivity index (χ3v) is 8.17. The van der Waals surface area contributed by atoms with Crippen LogP contribution in [0.4, 0.5) is 0 Å². The molecule has 9 nitrogen and oxygen atoms in total. The number of aliphatic hydroxyl groups is 1. The third kappa shape index (κ3) is 4.89. The van der Waals surface area contributed by atoms with Gasteiger partial charge in [-0.2, -0.15) is 0 Å². The first kappa shape index (κ1) is 25.8. The number of ether oxygens (including phenoxy) is 1. The van der Waals surface area contributed by atoms with Gasteiger partial charge in [0, 0.05) is 54.9 Å². The molecule has 0 aromatic carbocycles. The largest absolute Gasteiger partial charge is 0.482 e. The van der Waals surface area contributed by atoms with E-state index >= 15 is 0 Å². The zero-order valence-electron chi connectivity index (χ0n) is 23.1. The summed E-state index contributed by atoms with van der Waals surface area (Å²) in [6, 6.07) is 10.4. The second-order valence-corrected chi connectivity index (χ2v) is 10.9. The molecule has 1 amide bonds. The molecule has 1 aliphatic carbocycles. The Bertz CT molecular complexity index is 1520. The number of aliphatic hydroxyl groups excluding tert-OH is 1. The number of nitrogens with zero attached hydrogens (tertiary/aromatic N) is 5. The lowest BCUT2D eigenvalue weighted by atomic mass is 10.0. The Morgan fingerprint density at radius 3 is 2.77 bits per heavy atom. The van der Waals surface area contributed by atoms with Gasteiger partial charge in [-0.05, 0) is 69.2 Å². The molecule has 1 saturated carbocycles. The van der Waals surface area contributed by atoms with Crippen LogP contribution in [0.3, 0.4) is 0 Å². The first-order chi connectivity index (χ1) is 19.0. The zero-order valence-corrected chi connectivity index (χ0v) is 23.1. The highest BCUT2D eigenvalue weighted by atomic mass is 16.5. The topological polar surface area (TPSA) is 96.9 Å². The van der Waals surface area contributed by atoms with Gasteiger partial charge < -0.3 is 24.6 Å². The predicted octanol–water partition coefficient (Wildman–Crippen LogP) is 3.83. The van der Waals surface area contributed by atoms with Crippen molar-refractivity contribution in [2.24, 2.45) is 5.92 Å². The minimum Gasteiger partial charge on any atom is -0.482 e. The van der Waals surface area contributed by atoms with Crippen molar-refractivity contribution >= 4 is 22.6 Å². The van der Waals surface area contributed by atoms with Crippen LogP contribution in [-0.2, 0) is 13.0 Å². The predicted molar refractivity (Wildman–Crippen MR) is 151 cm³/mol. The molecule has 39 heavy (non-hydrogen) atoms. The summed E-state index contributed by atoms with van der Waals surface area (Å²) in [6.07, 6.45) is 5.33. The van der Waals surface area contributed by atoms with E-state index in [9.17, 15) is 9.90 Å². The molecule has 0 spiro atoms. The number of amides is 1. The molecule has 1 unspecified atom stereocenters. The normalized spacial score (nSPS) is 17.8. The molecule has 0 radical (unpaired) electrons. The third-order valence-electron chi connectivity index (χ3n) is 8.17. The van der Waals surface area contributed by atoms with Gasteiger partial charge in [0.2, 0.25) is 0 Å². The number of methoxy groups -OCH3 is 1. The van der Waals surface area contributed by atoms with Crippen LogP contribution in [-0.4, -0.2) is 74.2 Å². The van der Waals surface area contributed by atoms with E-state index in [1.54, 1.807) is 7.11 Å². The number of nitrogens with one attached hydrogen (secondary N) is 1. The Kier molecular flexibility index (Phi) is 7.03. The van der Waals surface area contributed by atoms with Gasteiger partial charge in [-0.1, -0.05) is 6.92 Å². The summed E-state index contributed by atoms with van der Waals surface area (Å²) in [4.78, 5) is 25.6. The summed E-state index contributed by atoms with van der Waals surface area (Å²) in [7, 11) is 1.64. The van der Waals surface area contributed by atoms with Crippen LogP contribution >= 0.6 is 0 Å². The maximum absolute atomic E-state index is 13.6. The fraction of sp³-hybridized carbons (Fsp3) is 0.500. The summed E-state index contributed by atoms with van der Waals surface area (Å²) in [6.45, 7) is 7.11. The number of rotatable bonds is 9. The summed E-state index contributed by atoms with van der Waals surface area (Å²) >= 11 is 0. The molecule has 4 aromatic rings. The van der Waals surface area contributed by atoms with Crippen molar-refractivity contribution in [3.63, 3.8) is 0 Å². The first-order valence-corrected chi connectivity index (χ1v) is 14.2. The highest BCUT2D eigenvalue weighted by Gasteiger charge is 2.28. The number of aryl methyl sites for hydroxylation is 2. The molecule has 206 valence electrons. The van der Waals surface area contributed by atoms with Crippen LogP contribution in [0.15, 0.2) is 30.3 Å². The van der Waals surface area contributed by atoms with Crippen LogP contribution in [0.2, 0.25) is 0 Å². The van der Waals surface area contributed by atoms with E-state index in [1.807, 2.05) is 21.4 Å².